The first-order valence-electron chi connectivity index (χ1n) is 19.0. The van der Waals surface area contributed by atoms with Gasteiger partial charge in [-0.15, -0.1) is 0 Å². The average Bonchev–Trinajstić information content (AvgIpc) is 3.89. The summed E-state index contributed by atoms with van der Waals surface area (Å²) in [7, 11) is 1.30. The standard InChI is InChI=1S/C44H51N3O8/c1-29(2)23-44(39(49)35(26-46-44)34(41(51)53-3)21-30-13-7-4-8-14-30)36-27-45-43(40(36)50,24-32-17-11-6-12-18-32)25-38(48)37(22-31-15-9-5-10-16-31)47-42(52)55-33-19-20-54-28-33/h4-18,26-27,29,33-34,37-38,45-46,48H,19-25,28H2,1-3H3,(H,47,52)/t33-,34+,37-,38-,43-,44-/m0/s1. The molecule has 6 atom stereocenters. The number of methoxy groups -OCH3 is 1. The van der Waals surface area contributed by atoms with E-state index >= 15 is 4.79 Å². The van der Waals surface area contributed by atoms with Crippen LogP contribution in [0.3, 0.4) is 0 Å². The fourth-order valence-corrected chi connectivity index (χ4v) is 8.03. The molecular weight excluding hydrogens is 698 g/mol. The number of aliphatic hydroxyl groups is 1. The fraction of sp³-hybridized carbons (Fsp3) is 0.409. The minimum absolute atomic E-state index is 0.0333. The Labute approximate surface area is 322 Å². The topological polar surface area (TPSA) is 152 Å². The zero-order valence-corrected chi connectivity index (χ0v) is 31.7. The van der Waals surface area contributed by atoms with Crippen molar-refractivity contribution < 1.29 is 38.5 Å². The molecule has 4 N–H and O–H groups in total. The number of Topliss-reactive ketones (excluding diaryl/α,β-unsaturated/α-hetero) is 2. The maximum absolute atomic E-state index is 15.2. The summed E-state index contributed by atoms with van der Waals surface area (Å²) < 4.78 is 16.2. The van der Waals surface area contributed by atoms with Gasteiger partial charge in [0.2, 0.25) is 0 Å². The first-order valence-corrected chi connectivity index (χ1v) is 19.0. The van der Waals surface area contributed by atoms with Crippen molar-refractivity contribution in [2.24, 2.45) is 11.8 Å². The van der Waals surface area contributed by atoms with Gasteiger partial charge in [-0.2, -0.15) is 0 Å². The lowest BCUT2D eigenvalue weighted by molar-refractivity contribution is -0.145. The Balaban J connectivity index is 1.31. The predicted octanol–water partition coefficient (Wildman–Crippen LogP) is 4.77. The summed E-state index contributed by atoms with van der Waals surface area (Å²) in [5, 5.41) is 21.6. The second-order valence-electron chi connectivity index (χ2n) is 15.2. The van der Waals surface area contributed by atoms with Crippen LogP contribution in [0.25, 0.3) is 0 Å². The van der Waals surface area contributed by atoms with E-state index in [1.807, 2.05) is 105 Å². The summed E-state index contributed by atoms with van der Waals surface area (Å²) in [5.41, 5.74) is 0.172. The Bertz CT molecular complexity index is 1880. The van der Waals surface area contributed by atoms with E-state index in [1.54, 1.807) is 12.4 Å². The summed E-state index contributed by atoms with van der Waals surface area (Å²) in [4.78, 5) is 56.5. The van der Waals surface area contributed by atoms with E-state index < -0.39 is 41.2 Å². The number of benzene rings is 3. The van der Waals surface area contributed by atoms with E-state index in [0.29, 0.717) is 19.6 Å². The number of hydrogen-bond acceptors (Lipinski definition) is 10. The van der Waals surface area contributed by atoms with Crippen LogP contribution in [-0.4, -0.2) is 78.4 Å². The monoisotopic (exact) mass is 749 g/mol. The zero-order chi connectivity index (χ0) is 39.0. The van der Waals surface area contributed by atoms with Gasteiger partial charge in [0.1, 0.15) is 17.2 Å². The lowest BCUT2D eigenvalue weighted by atomic mass is 9.71. The van der Waals surface area contributed by atoms with Crippen molar-refractivity contribution in [1.82, 2.24) is 16.0 Å². The smallest absolute Gasteiger partial charge is 0.407 e. The number of hydrogen-bond donors (Lipinski definition) is 4. The van der Waals surface area contributed by atoms with Gasteiger partial charge in [0.15, 0.2) is 11.6 Å². The third kappa shape index (κ3) is 9.01. The maximum Gasteiger partial charge on any atom is 0.407 e. The van der Waals surface area contributed by atoms with Gasteiger partial charge in [-0.25, -0.2) is 4.79 Å². The van der Waals surface area contributed by atoms with Crippen molar-refractivity contribution in [2.45, 2.75) is 81.7 Å². The van der Waals surface area contributed by atoms with Crippen LogP contribution in [0.15, 0.2) is 115 Å². The molecule has 1 saturated heterocycles. The molecule has 3 aliphatic heterocycles. The first kappa shape index (κ1) is 39.4. The van der Waals surface area contributed by atoms with E-state index in [9.17, 15) is 19.5 Å². The van der Waals surface area contributed by atoms with Crippen LogP contribution >= 0.6 is 0 Å². The number of esters is 1. The molecule has 6 rings (SSSR count). The third-order valence-corrected chi connectivity index (χ3v) is 10.7. The molecule has 3 aromatic rings. The molecule has 0 unspecified atom stereocenters. The average molecular weight is 750 g/mol. The van der Waals surface area contributed by atoms with Crippen LogP contribution in [0.1, 0.15) is 49.8 Å². The molecule has 0 aromatic heterocycles. The second-order valence-corrected chi connectivity index (χ2v) is 15.2. The molecule has 3 aromatic carbocycles. The van der Waals surface area contributed by atoms with Gasteiger partial charge in [-0.3, -0.25) is 14.4 Å². The number of ether oxygens (including phenoxy) is 3. The van der Waals surface area contributed by atoms with E-state index in [0.717, 1.165) is 16.7 Å². The molecule has 0 saturated carbocycles. The molecule has 0 aliphatic carbocycles. The van der Waals surface area contributed by atoms with Crippen molar-refractivity contribution in [2.75, 3.05) is 20.3 Å². The largest absolute Gasteiger partial charge is 0.469 e. The van der Waals surface area contributed by atoms with Crippen molar-refractivity contribution in [3.63, 3.8) is 0 Å². The molecule has 3 heterocycles. The summed E-state index contributed by atoms with van der Waals surface area (Å²) in [6, 6.07) is 27.5. The van der Waals surface area contributed by atoms with Gasteiger partial charge >= 0.3 is 12.1 Å². The molecule has 55 heavy (non-hydrogen) atoms. The van der Waals surface area contributed by atoms with Crippen LogP contribution in [0.5, 0.6) is 0 Å². The van der Waals surface area contributed by atoms with Gasteiger partial charge < -0.3 is 35.3 Å². The van der Waals surface area contributed by atoms with Crippen molar-refractivity contribution in [1.29, 1.82) is 0 Å². The Morgan fingerprint density at radius 1 is 0.855 bits per heavy atom. The van der Waals surface area contributed by atoms with Gasteiger partial charge in [0.05, 0.1) is 38.4 Å². The summed E-state index contributed by atoms with van der Waals surface area (Å²) in [6.45, 7) is 4.76. The van der Waals surface area contributed by atoms with Crippen molar-refractivity contribution in [3.8, 4) is 0 Å². The van der Waals surface area contributed by atoms with Crippen LogP contribution in [0.4, 0.5) is 4.79 Å². The summed E-state index contributed by atoms with van der Waals surface area (Å²) in [6.07, 6.45) is 2.33. The second kappa shape index (κ2) is 17.5. The fourth-order valence-electron chi connectivity index (χ4n) is 8.03. The molecule has 1 fully saturated rings. The van der Waals surface area contributed by atoms with E-state index in [4.69, 9.17) is 14.2 Å². The lowest BCUT2D eigenvalue weighted by Gasteiger charge is -2.36. The zero-order valence-electron chi connectivity index (χ0n) is 31.7. The molecule has 1 amide bonds. The maximum atomic E-state index is 15.2. The molecule has 11 nitrogen and oxygen atoms in total. The predicted molar refractivity (Wildman–Crippen MR) is 207 cm³/mol. The quantitative estimate of drug-likeness (QED) is 0.151. The summed E-state index contributed by atoms with van der Waals surface area (Å²) in [5.74, 6) is -2.20. The Morgan fingerprint density at radius 3 is 2.05 bits per heavy atom. The molecule has 11 heteroatoms. The molecule has 0 radical (unpaired) electrons. The Hall–Kier alpha value is -5.26. The Morgan fingerprint density at radius 2 is 1.47 bits per heavy atom. The Kier molecular flexibility index (Phi) is 12.5. The number of aliphatic hydroxyl groups excluding tert-OH is 1. The number of alkyl carbamates (subject to hydrolysis) is 1. The van der Waals surface area contributed by atoms with Crippen LogP contribution < -0.4 is 16.0 Å². The molecule has 290 valence electrons. The highest BCUT2D eigenvalue weighted by molar-refractivity contribution is 6.19. The van der Waals surface area contributed by atoms with Gasteiger partial charge in [-0.05, 0) is 41.9 Å². The summed E-state index contributed by atoms with van der Waals surface area (Å²) >= 11 is 0. The molecule has 0 bridgehead atoms. The SMILES string of the molecule is COC(=O)[C@H](Cc1ccccc1)C1=CN[C@@](CC(C)C)(C2=CN[C@@](Cc3ccccc3)(C[C@H](O)[C@H](Cc3ccccc3)NC(=O)O[C@H]3CCOC3)C2=O)C1=O. The van der Waals surface area contributed by atoms with Gasteiger partial charge in [-0.1, -0.05) is 105 Å². The lowest BCUT2D eigenvalue weighted by Crippen LogP contribution is -2.57. The molecular formula is C44H51N3O8. The van der Waals surface area contributed by atoms with Gasteiger partial charge in [0, 0.05) is 42.8 Å². The first-order chi connectivity index (χ1) is 26.5. The number of rotatable bonds is 16. The number of nitrogens with one attached hydrogen (secondary N) is 3. The van der Waals surface area contributed by atoms with E-state index in [2.05, 4.69) is 16.0 Å². The van der Waals surface area contributed by atoms with Crippen LogP contribution in [-0.2, 0) is 47.9 Å². The highest BCUT2D eigenvalue weighted by Gasteiger charge is 2.57. The molecule has 3 aliphatic rings. The van der Waals surface area contributed by atoms with Crippen molar-refractivity contribution >= 4 is 23.6 Å². The molecule has 0 spiro atoms. The van der Waals surface area contributed by atoms with E-state index in [1.165, 1.54) is 7.11 Å². The minimum Gasteiger partial charge on any atom is -0.469 e. The number of amides is 1. The van der Waals surface area contributed by atoms with Crippen molar-refractivity contribution in [3.05, 3.63) is 131 Å². The number of carbonyl (C=O) groups is 4. The third-order valence-electron chi connectivity index (χ3n) is 10.7. The number of ketones is 2. The van der Waals surface area contributed by atoms with Gasteiger partial charge in [0.25, 0.3) is 0 Å². The highest BCUT2D eigenvalue weighted by Crippen LogP contribution is 2.42. The normalized spacial score (nSPS) is 23.6. The van der Waals surface area contributed by atoms with E-state index in [-0.39, 0.29) is 66.8 Å². The van der Waals surface area contributed by atoms with Crippen LogP contribution in [0, 0.1) is 11.8 Å². The minimum atomic E-state index is -1.48. The highest BCUT2D eigenvalue weighted by atomic mass is 16.6. The number of carbonyl (C=O) groups excluding carboxylic acids is 4. The van der Waals surface area contributed by atoms with Crippen LogP contribution in [0.2, 0.25) is 0 Å².